The van der Waals surface area contributed by atoms with Gasteiger partial charge in [0.2, 0.25) is 5.91 Å². The number of carbonyl (C=O) groups is 1. The van der Waals surface area contributed by atoms with Gasteiger partial charge in [-0.25, -0.2) is 0 Å². The topological polar surface area (TPSA) is 117 Å². The van der Waals surface area contributed by atoms with Gasteiger partial charge < -0.3 is 34.8 Å². The second kappa shape index (κ2) is 9.50. The van der Waals surface area contributed by atoms with Gasteiger partial charge in [0.15, 0.2) is 6.29 Å². The number of nitrogens with one attached hydrogen (secondary N) is 1. The van der Waals surface area contributed by atoms with Gasteiger partial charge in [-0.2, -0.15) is 0 Å². The molecule has 0 radical (unpaired) electrons. The highest BCUT2D eigenvalue weighted by molar-refractivity contribution is 6.30. The first kappa shape index (κ1) is 20.9. The molecule has 26 heavy (non-hydrogen) atoms. The molecule has 8 nitrogen and oxygen atoms in total. The van der Waals surface area contributed by atoms with Gasteiger partial charge >= 0.3 is 0 Å². The molecule has 1 aliphatic rings. The van der Waals surface area contributed by atoms with Gasteiger partial charge in [0, 0.05) is 11.9 Å². The number of amides is 1. The fourth-order valence-electron chi connectivity index (χ4n) is 2.70. The maximum Gasteiger partial charge on any atom is 0.217 e. The van der Waals surface area contributed by atoms with Crippen molar-refractivity contribution in [2.45, 2.75) is 44.5 Å². The largest absolute Gasteiger partial charge is 0.491 e. The summed E-state index contributed by atoms with van der Waals surface area (Å²) in [6, 6.07) is 4.27. The molecular formula is C17H24ClNO7. The molecule has 146 valence electrons. The van der Waals surface area contributed by atoms with Crippen LogP contribution in [0.3, 0.4) is 0 Å². The normalized spacial score (nSPS) is 28.6. The van der Waals surface area contributed by atoms with E-state index in [1.807, 2.05) is 6.92 Å². The predicted octanol–water partition coefficient (Wildman–Crippen LogP) is -0.0125. The van der Waals surface area contributed by atoms with Gasteiger partial charge in [-0.1, -0.05) is 11.6 Å². The Morgan fingerprint density at radius 2 is 2.04 bits per heavy atom. The second-order valence-electron chi connectivity index (χ2n) is 6.06. The van der Waals surface area contributed by atoms with Crippen LogP contribution in [0.1, 0.15) is 12.5 Å². The smallest absolute Gasteiger partial charge is 0.217 e. The molecule has 1 aromatic carbocycles. The summed E-state index contributed by atoms with van der Waals surface area (Å²) in [4.78, 5) is 11.3. The summed E-state index contributed by atoms with van der Waals surface area (Å²) >= 11 is 5.89. The number of hydrogen-bond acceptors (Lipinski definition) is 7. The van der Waals surface area contributed by atoms with E-state index in [1.54, 1.807) is 18.2 Å². The van der Waals surface area contributed by atoms with Crippen LogP contribution >= 0.6 is 11.6 Å². The Kier molecular flexibility index (Phi) is 7.63. The van der Waals surface area contributed by atoms with Crippen LogP contribution < -0.4 is 10.1 Å². The van der Waals surface area contributed by atoms with Gasteiger partial charge in [-0.15, -0.1) is 0 Å². The van der Waals surface area contributed by atoms with Crippen LogP contribution in [0, 0.1) is 6.92 Å². The Balaban J connectivity index is 1.92. The number of carbonyl (C=O) groups excluding carboxylic acids is 1. The van der Waals surface area contributed by atoms with Crippen LogP contribution in [0.2, 0.25) is 5.02 Å². The molecule has 5 atom stereocenters. The van der Waals surface area contributed by atoms with E-state index >= 15 is 0 Å². The minimum Gasteiger partial charge on any atom is -0.491 e. The van der Waals surface area contributed by atoms with Gasteiger partial charge in [-0.3, -0.25) is 4.79 Å². The molecule has 0 aromatic heterocycles. The molecule has 2 rings (SSSR count). The Morgan fingerprint density at radius 3 is 2.65 bits per heavy atom. The number of aryl methyl sites for hydroxylation is 1. The molecule has 1 aliphatic heterocycles. The van der Waals surface area contributed by atoms with E-state index in [1.165, 1.54) is 6.92 Å². The Labute approximate surface area is 156 Å². The van der Waals surface area contributed by atoms with Gasteiger partial charge in [0.25, 0.3) is 0 Å². The number of aliphatic hydroxyl groups is 3. The molecule has 9 heteroatoms. The van der Waals surface area contributed by atoms with Crippen LogP contribution in [0.25, 0.3) is 0 Å². The predicted molar refractivity (Wildman–Crippen MR) is 93.0 cm³/mol. The average molecular weight is 390 g/mol. The van der Waals surface area contributed by atoms with Crippen LogP contribution in [0.15, 0.2) is 18.2 Å². The molecule has 4 N–H and O–H groups in total. The number of hydrogen-bond donors (Lipinski definition) is 4. The van der Waals surface area contributed by atoms with Gasteiger partial charge in [-0.05, 0) is 30.7 Å². The van der Waals surface area contributed by atoms with Gasteiger partial charge in [0.05, 0.1) is 13.2 Å². The lowest BCUT2D eigenvalue weighted by molar-refractivity contribution is -0.271. The average Bonchev–Trinajstić information content (AvgIpc) is 2.58. The van der Waals surface area contributed by atoms with E-state index in [0.717, 1.165) is 5.56 Å². The van der Waals surface area contributed by atoms with Crippen molar-refractivity contribution in [1.29, 1.82) is 0 Å². The molecule has 1 amide bonds. The van der Waals surface area contributed by atoms with Crippen LogP contribution in [0.5, 0.6) is 5.75 Å². The summed E-state index contributed by atoms with van der Waals surface area (Å²) in [5.41, 5.74) is 0.876. The quantitative estimate of drug-likeness (QED) is 0.484. The Hall–Kier alpha value is -1.42. The molecule has 0 saturated carbocycles. The summed E-state index contributed by atoms with van der Waals surface area (Å²) in [5.74, 6) is 0.249. The zero-order valence-electron chi connectivity index (χ0n) is 14.6. The number of rotatable bonds is 7. The summed E-state index contributed by atoms with van der Waals surface area (Å²) in [6.45, 7) is 2.94. The van der Waals surface area contributed by atoms with E-state index in [0.29, 0.717) is 10.8 Å². The second-order valence-corrected chi connectivity index (χ2v) is 6.50. The highest BCUT2D eigenvalue weighted by Crippen LogP contribution is 2.23. The molecule has 0 aliphatic carbocycles. The number of benzene rings is 1. The van der Waals surface area contributed by atoms with Crippen molar-refractivity contribution in [3.05, 3.63) is 28.8 Å². The molecule has 0 unspecified atom stereocenters. The minimum atomic E-state index is -1.34. The highest BCUT2D eigenvalue weighted by Gasteiger charge is 2.45. The number of ether oxygens (including phenoxy) is 3. The van der Waals surface area contributed by atoms with Gasteiger partial charge in [0.1, 0.15) is 36.7 Å². The third-order valence-electron chi connectivity index (χ3n) is 4.01. The van der Waals surface area contributed by atoms with Crippen LogP contribution in [0.4, 0.5) is 0 Å². The van der Waals surface area contributed by atoms with Crippen molar-refractivity contribution in [1.82, 2.24) is 5.32 Å². The fraction of sp³-hybridized carbons (Fsp3) is 0.588. The Morgan fingerprint density at radius 1 is 1.31 bits per heavy atom. The standard InChI is InChI=1S/C17H24ClNO7/c1-9-7-11(18)3-4-12(9)24-5-6-25-17-14(19-10(2)21)16(23)15(22)13(8-20)26-17/h3-4,7,13-17,20,22-23H,5-6,8H2,1-2H3,(H,19,21)/t13-,14-,15-,16-,17-/m1/s1. The molecule has 1 aromatic rings. The van der Waals surface area contributed by atoms with Crippen LogP contribution in [-0.4, -0.2) is 71.7 Å². The van der Waals surface area contributed by atoms with Crippen molar-refractivity contribution < 1.29 is 34.3 Å². The molecule has 1 saturated heterocycles. The molecule has 1 fully saturated rings. The molecule has 1 heterocycles. The number of halogens is 1. The zero-order valence-corrected chi connectivity index (χ0v) is 15.3. The lowest BCUT2D eigenvalue weighted by atomic mass is 9.97. The Bertz CT molecular complexity index is 615. The van der Waals surface area contributed by atoms with Crippen molar-refractivity contribution >= 4 is 17.5 Å². The SMILES string of the molecule is CC(=O)N[C@H]1[C@H](OCCOc2ccc(Cl)cc2C)O[C@H](CO)[C@@H](O)[C@@H]1O. The summed E-state index contributed by atoms with van der Waals surface area (Å²) in [5, 5.41) is 32.5. The van der Waals surface area contributed by atoms with Crippen molar-refractivity contribution in [3.63, 3.8) is 0 Å². The molecule has 0 bridgehead atoms. The van der Waals surface area contributed by atoms with E-state index in [9.17, 15) is 20.1 Å². The van der Waals surface area contributed by atoms with E-state index in [-0.39, 0.29) is 13.2 Å². The van der Waals surface area contributed by atoms with Crippen molar-refractivity contribution in [2.75, 3.05) is 19.8 Å². The maximum absolute atomic E-state index is 11.3. The molecule has 0 spiro atoms. The maximum atomic E-state index is 11.3. The van der Waals surface area contributed by atoms with E-state index in [4.69, 9.17) is 25.8 Å². The van der Waals surface area contributed by atoms with Crippen molar-refractivity contribution in [2.24, 2.45) is 0 Å². The third kappa shape index (κ3) is 5.29. The first-order valence-corrected chi connectivity index (χ1v) is 8.61. The van der Waals surface area contributed by atoms with Crippen molar-refractivity contribution in [3.8, 4) is 5.75 Å². The van der Waals surface area contributed by atoms with Crippen LogP contribution in [-0.2, 0) is 14.3 Å². The fourth-order valence-corrected chi connectivity index (χ4v) is 2.93. The first-order chi connectivity index (χ1) is 12.3. The number of aliphatic hydroxyl groups excluding tert-OH is 3. The lowest BCUT2D eigenvalue weighted by Crippen LogP contribution is -2.64. The van der Waals surface area contributed by atoms with E-state index < -0.39 is 43.2 Å². The monoisotopic (exact) mass is 389 g/mol. The third-order valence-corrected chi connectivity index (χ3v) is 4.25. The summed E-state index contributed by atoms with van der Waals surface area (Å²) < 4.78 is 16.6. The minimum absolute atomic E-state index is 0.101. The lowest BCUT2D eigenvalue weighted by Gasteiger charge is -2.42. The zero-order chi connectivity index (χ0) is 19.3. The summed E-state index contributed by atoms with van der Waals surface area (Å²) in [7, 11) is 0. The van der Waals surface area contributed by atoms with E-state index in [2.05, 4.69) is 5.32 Å². The summed E-state index contributed by atoms with van der Waals surface area (Å²) in [6.07, 6.45) is -4.73. The highest BCUT2D eigenvalue weighted by atomic mass is 35.5. The first-order valence-electron chi connectivity index (χ1n) is 8.23. The molecular weight excluding hydrogens is 366 g/mol.